The molecule has 0 saturated carbocycles. The van der Waals surface area contributed by atoms with Crippen LogP contribution >= 0.6 is 0 Å². The molecule has 5 heteroatoms. The van der Waals surface area contributed by atoms with E-state index in [1.54, 1.807) is 0 Å². The van der Waals surface area contributed by atoms with Gasteiger partial charge in [-0.25, -0.2) is 0 Å². The van der Waals surface area contributed by atoms with Gasteiger partial charge < -0.3 is 16.4 Å². The Balaban J connectivity index is 0. The molecule has 0 heterocycles. The minimum Gasteiger partial charge on any atom is -2.00 e. The molecular weight excluding hydrogens is 277 g/mol. The number of hydrogen-bond acceptors (Lipinski definition) is 0. The van der Waals surface area contributed by atoms with Crippen molar-refractivity contribution in [1.82, 2.24) is 0 Å². The molecular formula is BaO3Zr. The predicted molar refractivity (Wildman–Crippen MR) is 7.81 cm³/mol. The first-order valence-corrected chi connectivity index (χ1v) is 0. The fraction of sp³-hybridized carbons (Fsp3) is 0. The fourth-order valence-electron chi connectivity index (χ4n) is 0. The minimum atomic E-state index is 0. The van der Waals surface area contributed by atoms with Gasteiger partial charge in [-0.15, -0.1) is 0 Å². The van der Waals surface area contributed by atoms with Crippen LogP contribution in [0.4, 0.5) is 0 Å². The molecule has 0 aromatic carbocycles. The van der Waals surface area contributed by atoms with Crippen molar-refractivity contribution in [3.63, 3.8) is 0 Å². The van der Waals surface area contributed by atoms with Gasteiger partial charge in [0.25, 0.3) is 0 Å². The third-order valence-electron chi connectivity index (χ3n) is 0. The molecule has 0 atom stereocenters. The van der Waals surface area contributed by atoms with Crippen molar-refractivity contribution in [2.75, 3.05) is 0 Å². The van der Waals surface area contributed by atoms with Crippen molar-refractivity contribution in [2.45, 2.75) is 0 Å². The molecule has 0 aromatic rings. The molecule has 0 bridgehead atoms. The van der Waals surface area contributed by atoms with E-state index in [2.05, 4.69) is 0 Å². The Kier molecular flexibility index (Phi) is 357. The molecule has 0 radical (unpaired) electrons. The van der Waals surface area contributed by atoms with Crippen molar-refractivity contribution < 1.29 is 42.6 Å². The molecule has 0 amide bonds. The zero-order chi connectivity index (χ0) is 0. The van der Waals surface area contributed by atoms with Crippen molar-refractivity contribution in [3.8, 4) is 0 Å². The van der Waals surface area contributed by atoms with Crippen LogP contribution in [0.3, 0.4) is 0 Å². The molecule has 0 unspecified atom stereocenters. The van der Waals surface area contributed by atoms with Gasteiger partial charge in [-0.05, 0) is 0 Å². The Morgan fingerprint density at radius 2 is 0.600 bits per heavy atom. The van der Waals surface area contributed by atoms with Crippen molar-refractivity contribution in [1.29, 1.82) is 0 Å². The van der Waals surface area contributed by atoms with Gasteiger partial charge in [0.15, 0.2) is 0 Å². The Morgan fingerprint density at radius 1 is 0.600 bits per heavy atom. The molecule has 3 nitrogen and oxygen atoms in total. The summed E-state index contributed by atoms with van der Waals surface area (Å²) in [5, 5.41) is 0. The largest absolute Gasteiger partial charge is 4.00 e. The van der Waals surface area contributed by atoms with Crippen molar-refractivity contribution in [3.05, 3.63) is 0 Å². The summed E-state index contributed by atoms with van der Waals surface area (Å²) < 4.78 is 0. The normalized spacial score (nSPS) is 0. The van der Waals surface area contributed by atoms with Gasteiger partial charge >= 0.3 is 75.1 Å². The van der Waals surface area contributed by atoms with Crippen LogP contribution in [0.2, 0.25) is 0 Å². The summed E-state index contributed by atoms with van der Waals surface area (Å²) in [7, 11) is 0. The molecule has 0 aliphatic rings. The van der Waals surface area contributed by atoms with Crippen molar-refractivity contribution in [2.24, 2.45) is 0 Å². The monoisotopic (exact) mass is 276 g/mol. The molecule has 0 spiro atoms. The maximum atomic E-state index is 0. The molecule has 0 aromatic heterocycles. The topological polar surface area (TPSA) is 85.5 Å². The average molecular weight is 277 g/mol. The van der Waals surface area contributed by atoms with Crippen LogP contribution in [0, 0.1) is 0 Å². The molecule has 24 valence electrons. The van der Waals surface area contributed by atoms with Crippen LogP contribution in [0.5, 0.6) is 0 Å². The summed E-state index contributed by atoms with van der Waals surface area (Å²) >= 11 is 0. The van der Waals surface area contributed by atoms with Gasteiger partial charge in [0.1, 0.15) is 0 Å². The summed E-state index contributed by atoms with van der Waals surface area (Å²) in [5.74, 6) is 0. The molecule has 0 aliphatic heterocycles. The smallest absolute Gasteiger partial charge is 2.00 e. The quantitative estimate of drug-likeness (QED) is 0.522. The molecule has 0 aliphatic carbocycles. The first-order chi connectivity index (χ1) is 0. The van der Waals surface area contributed by atoms with Crippen LogP contribution in [0.25, 0.3) is 0 Å². The second-order valence-electron chi connectivity index (χ2n) is 0. The molecule has 0 N–H and O–H groups in total. The summed E-state index contributed by atoms with van der Waals surface area (Å²) in [6.07, 6.45) is 0. The van der Waals surface area contributed by atoms with E-state index < -0.39 is 0 Å². The standard InChI is InChI=1S/Ba.3O.Zr/q+2;3*-2;+4. The van der Waals surface area contributed by atoms with E-state index in [0.717, 1.165) is 0 Å². The number of rotatable bonds is 0. The molecule has 0 rings (SSSR count). The molecule has 0 saturated heterocycles. The Labute approximate surface area is 89.6 Å². The minimum absolute atomic E-state index is 0. The van der Waals surface area contributed by atoms with Crippen LogP contribution in [0.15, 0.2) is 0 Å². The SMILES string of the molecule is [Ba+2].[O-2].[O-2].[O-2].[Zr+4]. The van der Waals surface area contributed by atoms with E-state index in [9.17, 15) is 0 Å². The fourth-order valence-corrected chi connectivity index (χ4v) is 0. The summed E-state index contributed by atoms with van der Waals surface area (Å²) in [6, 6.07) is 0. The Bertz CT molecular complexity index is 6.85. The predicted octanol–water partition coefficient (Wildman–Crippen LogP) is -0.740. The molecule has 0 fully saturated rings. The van der Waals surface area contributed by atoms with Gasteiger partial charge in [-0.3, -0.25) is 0 Å². The third-order valence-corrected chi connectivity index (χ3v) is 0. The van der Waals surface area contributed by atoms with Crippen LogP contribution in [-0.4, -0.2) is 48.9 Å². The van der Waals surface area contributed by atoms with Crippen LogP contribution < -0.4 is 0 Å². The maximum Gasteiger partial charge on any atom is 4.00 e. The van der Waals surface area contributed by atoms with E-state index in [-0.39, 0.29) is 91.5 Å². The average Bonchev–Trinajstić information content (AvgIpc) is 0. The van der Waals surface area contributed by atoms with E-state index in [1.165, 1.54) is 0 Å². The van der Waals surface area contributed by atoms with Gasteiger partial charge in [-0.2, -0.15) is 0 Å². The Hall–Kier alpha value is 2.33. The van der Waals surface area contributed by atoms with E-state index in [1.807, 2.05) is 0 Å². The Morgan fingerprint density at radius 3 is 0.600 bits per heavy atom. The third kappa shape index (κ3) is 21.8. The van der Waals surface area contributed by atoms with Gasteiger partial charge in [-0.1, -0.05) is 0 Å². The van der Waals surface area contributed by atoms with Gasteiger partial charge in [0.2, 0.25) is 0 Å². The second kappa shape index (κ2) is 33.1. The van der Waals surface area contributed by atoms with E-state index >= 15 is 0 Å². The van der Waals surface area contributed by atoms with Crippen molar-refractivity contribution >= 4 is 48.9 Å². The summed E-state index contributed by atoms with van der Waals surface area (Å²) in [5.41, 5.74) is 0. The molecule has 5 heavy (non-hydrogen) atoms. The zero-order valence-corrected chi connectivity index (χ0v) is 9.33. The zero-order valence-electron chi connectivity index (χ0n) is 2.43. The van der Waals surface area contributed by atoms with Crippen LogP contribution in [-0.2, 0) is 42.6 Å². The van der Waals surface area contributed by atoms with Crippen LogP contribution in [0.1, 0.15) is 0 Å². The van der Waals surface area contributed by atoms with E-state index in [0.29, 0.717) is 0 Å². The van der Waals surface area contributed by atoms with Gasteiger partial charge in [0.05, 0.1) is 0 Å². The summed E-state index contributed by atoms with van der Waals surface area (Å²) in [6.45, 7) is 0. The van der Waals surface area contributed by atoms with Gasteiger partial charge in [0, 0.05) is 0 Å². The summed E-state index contributed by atoms with van der Waals surface area (Å²) in [4.78, 5) is 0. The first kappa shape index (κ1) is 54.0. The van der Waals surface area contributed by atoms with E-state index in [4.69, 9.17) is 0 Å². The number of hydrogen-bond donors (Lipinski definition) is 0. The maximum absolute atomic E-state index is 0. The second-order valence-corrected chi connectivity index (χ2v) is 0. The first-order valence-electron chi connectivity index (χ1n) is 0.